The number of rotatable bonds is 4. The van der Waals surface area contributed by atoms with Crippen molar-refractivity contribution in [1.82, 2.24) is 0 Å². The number of ether oxygens (including phenoxy) is 2. The maximum atomic E-state index is 10.5. The molecule has 17 heavy (non-hydrogen) atoms. The van der Waals surface area contributed by atoms with E-state index in [2.05, 4.69) is 0 Å². The Kier molecular flexibility index (Phi) is 3.89. The van der Waals surface area contributed by atoms with Gasteiger partial charge in [0.2, 0.25) is 0 Å². The van der Waals surface area contributed by atoms with Crippen molar-refractivity contribution in [3.8, 4) is 11.5 Å². The Labute approximate surface area is 106 Å². The number of benzene rings is 1. The predicted octanol–water partition coefficient (Wildman–Crippen LogP) is 2.81. The molecular formula is C13H15ClO3. The Morgan fingerprint density at radius 3 is 2.88 bits per heavy atom. The summed E-state index contributed by atoms with van der Waals surface area (Å²) in [4.78, 5) is 10.5. The summed E-state index contributed by atoms with van der Waals surface area (Å²) in [7, 11) is 0. The van der Waals surface area contributed by atoms with Crippen LogP contribution < -0.4 is 9.47 Å². The second-order valence-corrected chi connectivity index (χ2v) is 4.29. The van der Waals surface area contributed by atoms with Gasteiger partial charge in [-0.3, -0.25) is 0 Å². The lowest BCUT2D eigenvalue weighted by Gasteiger charge is -2.22. The summed E-state index contributed by atoms with van der Waals surface area (Å²) < 4.78 is 11.1. The van der Waals surface area contributed by atoms with Gasteiger partial charge < -0.3 is 14.3 Å². The molecule has 4 heteroatoms. The van der Waals surface area contributed by atoms with Crippen LogP contribution in [0.3, 0.4) is 0 Å². The van der Waals surface area contributed by atoms with Gasteiger partial charge in [0.25, 0.3) is 0 Å². The van der Waals surface area contributed by atoms with Crippen LogP contribution >= 0.6 is 11.6 Å². The Hall–Kier alpha value is -1.22. The SMILES string of the molecule is CCc1c(CCC=O)cc2c(c1Cl)OCCO2. The second-order valence-electron chi connectivity index (χ2n) is 3.91. The molecule has 0 amide bonds. The number of halogens is 1. The number of carbonyl (C=O) groups excluding carboxylic acids is 1. The lowest BCUT2D eigenvalue weighted by Crippen LogP contribution is -2.16. The molecule has 0 saturated carbocycles. The fourth-order valence-corrected chi connectivity index (χ4v) is 2.46. The molecule has 0 aliphatic carbocycles. The van der Waals surface area contributed by atoms with Crippen molar-refractivity contribution in [2.75, 3.05) is 13.2 Å². The van der Waals surface area contributed by atoms with Gasteiger partial charge >= 0.3 is 0 Å². The third-order valence-corrected chi connectivity index (χ3v) is 3.25. The van der Waals surface area contributed by atoms with Crippen LogP contribution in [-0.4, -0.2) is 19.5 Å². The monoisotopic (exact) mass is 254 g/mol. The summed E-state index contributed by atoms with van der Waals surface area (Å²) in [5.41, 5.74) is 2.13. The van der Waals surface area contributed by atoms with Gasteiger partial charge in [-0.1, -0.05) is 18.5 Å². The van der Waals surface area contributed by atoms with Crippen LogP contribution in [0.5, 0.6) is 11.5 Å². The molecule has 0 aromatic heterocycles. The van der Waals surface area contributed by atoms with Gasteiger partial charge in [0.15, 0.2) is 11.5 Å². The van der Waals surface area contributed by atoms with Crippen LogP contribution in [0.2, 0.25) is 5.02 Å². The van der Waals surface area contributed by atoms with E-state index in [9.17, 15) is 4.79 Å². The Morgan fingerprint density at radius 1 is 1.41 bits per heavy atom. The molecular weight excluding hydrogens is 240 g/mol. The van der Waals surface area contributed by atoms with Gasteiger partial charge in [-0.15, -0.1) is 0 Å². The van der Waals surface area contributed by atoms with Crippen molar-refractivity contribution in [1.29, 1.82) is 0 Å². The van der Waals surface area contributed by atoms with E-state index in [1.165, 1.54) is 0 Å². The van der Waals surface area contributed by atoms with E-state index in [0.717, 1.165) is 23.8 Å². The highest BCUT2D eigenvalue weighted by Gasteiger charge is 2.20. The van der Waals surface area contributed by atoms with E-state index in [1.54, 1.807) is 0 Å². The second kappa shape index (κ2) is 5.41. The van der Waals surface area contributed by atoms with E-state index >= 15 is 0 Å². The molecule has 0 radical (unpaired) electrons. The van der Waals surface area contributed by atoms with Gasteiger partial charge in [-0.25, -0.2) is 0 Å². The molecule has 0 N–H and O–H groups in total. The Bertz CT molecular complexity index is 429. The first kappa shape index (κ1) is 12.2. The minimum Gasteiger partial charge on any atom is -0.486 e. The first-order valence-corrected chi connectivity index (χ1v) is 6.19. The minimum atomic E-state index is 0.503. The highest BCUT2D eigenvalue weighted by Crippen LogP contribution is 2.41. The van der Waals surface area contributed by atoms with Gasteiger partial charge in [0, 0.05) is 6.42 Å². The van der Waals surface area contributed by atoms with Gasteiger partial charge in [-0.2, -0.15) is 0 Å². The van der Waals surface area contributed by atoms with Crippen LogP contribution in [0.15, 0.2) is 6.07 Å². The van der Waals surface area contributed by atoms with E-state index in [1.807, 2.05) is 13.0 Å². The summed E-state index contributed by atoms with van der Waals surface area (Å²) in [5, 5.41) is 0.630. The smallest absolute Gasteiger partial charge is 0.180 e. The molecule has 92 valence electrons. The molecule has 1 aromatic carbocycles. The molecule has 0 fully saturated rings. The van der Waals surface area contributed by atoms with E-state index < -0.39 is 0 Å². The fraction of sp³-hybridized carbons (Fsp3) is 0.462. The standard InChI is InChI=1S/C13H15ClO3/c1-2-10-9(4-3-5-15)8-11-13(12(10)14)17-7-6-16-11/h5,8H,2-4,6-7H2,1H3. The number of hydrogen-bond donors (Lipinski definition) is 0. The van der Waals surface area contributed by atoms with Crippen LogP contribution in [0.1, 0.15) is 24.5 Å². The molecule has 0 saturated heterocycles. The van der Waals surface area contributed by atoms with Gasteiger partial charge in [0.05, 0.1) is 5.02 Å². The highest BCUT2D eigenvalue weighted by atomic mass is 35.5. The maximum absolute atomic E-state index is 10.5. The minimum absolute atomic E-state index is 0.503. The molecule has 0 unspecified atom stereocenters. The Balaban J connectivity index is 2.44. The quantitative estimate of drug-likeness (QED) is 0.775. The molecule has 1 aromatic rings. The van der Waals surface area contributed by atoms with Crippen molar-refractivity contribution in [2.24, 2.45) is 0 Å². The fourth-order valence-electron chi connectivity index (χ4n) is 2.05. The van der Waals surface area contributed by atoms with Crippen molar-refractivity contribution < 1.29 is 14.3 Å². The Morgan fingerprint density at radius 2 is 2.18 bits per heavy atom. The van der Waals surface area contributed by atoms with Crippen LogP contribution in [-0.2, 0) is 17.6 Å². The molecule has 0 spiro atoms. The number of fused-ring (bicyclic) bond motifs is 1. The lowest BCUT2D eigenvalue weighted by atomic mass is 10.00. The van der Waals surface area contributed by atoms with Crippen molar-refractivity contribution in [3.05, 3.63) is 22.2 Å². The van der Waals surface area contributed by atoms with Crippen molar-refractivity contribution in [2.45, 2.75) is 26.2 Å². The molecule has 1 heterocycles. The molecule has 2 rings (SSSR count). The molecule has 3 nitrogen and oxygen atoms in total. The topological polar surface area (TPSA) is 35.5 Å². The van der Waals surface area contributed by atoms with E-state index in [-0.39, 0.29) is 0 Å². The summed E-state index contributed by atoms with van der Waals surface area (Å²) in [5.74, 6) is 1.34. The zero-order chi connectivity index (χ0) is 12.3. The first-order valence-electron chi connectivity index (χ1n) is 5.81. The van der Waals surface area contributed by atoms with Crippen molar-refractivity contribution >= 4 is 17.9 Å². The largest absolute Gasteiger partial charge is 0.486 e. The highest BCUT2D eigenvalue weighted by molar-refractivity contribution is 6.33. The summed E-state index contributed by atoms with van der Waals surface area (Å²) in [6.45, 7) is 3.12. The average Bonchev–Trinajstić information content (AvgIpc) is 2.36. The summed E-state index contributed by atoms with van der Waals surface area (Å²) >= 11 is 6.32. The number of hydrogen-bond acceptors (Lipinski definition) is 3. The third-order valence-electron chi connectivity index (χ3n) is 2.85. The first-order chi connectivity index (χ1) is 8.27. The molecule has 0 bridgehead atoms. The molecule has 1 aliphatic rings. The van der Waals surface area contributed by atoms with Crippen LogP contribution in [0.25, 0.3) is 0 Å². The van der Waals surface area contributed by atoms with Crippen LogP contribution in [0, 0.1) is 0 Å². The average molecular weight is 255 g/mol. The number of carbonyl (C=O) groups is 1. The summed E-state index contributed by atoms with van der Waals surface area (Å²) in [6, 6.07) is 1.95. The number of aryl methyl sites for hydroxylation is 1. The van der Waals surface area contributed by atoms with E-state index in [0.29, 0.717) is 42.6 Å². The molecule has 0 atom stereocenters. The zero-order valence-corrected chi connectivity index (χ0v) is 10.5. The zero-order valence-electron chi connectivity index (χ0n) is 9.79. The normalized spacial score (nSPS) is 13.5. The predicted molar refractivity (Wildman–Crippen MR) is 66.2 cm³/mol. The maximum Gasteiger partial charge on any atom is 0.180 e. The molecule has 1 aliphatic heterocycles. The van der Waals surface area contributed by atoms with Gasteiger partial charge in [-0.05, 0) is 30.0 Å². The number of aldehydes is 1. The van der Waals surface area contributed by atoms with Crippen molar-refractivity contribution in [3.63, 3.8) is 0 Å². The van der Waals surface area contributed by atoms with Crippen LogP contribution in [0.4, 0.5) is 0 Å². The third kappa shape index (κ3) is 2.39. The van der Waals surface area contributed by atoms with E-state index in [4.69, 9.17) is 21.1 Å². The van der Waals surface area contributed by atoms with Gasteiger partial charge in [0.1, 0.15) is 19.5 Å². The summed E-state index contributed by atoms with van der Waals surface area (Å²) in [6.07, 6.45) is 2.94. The lowest BCUT2D eigenvalue weighted by molar-refractivity contribution is -0.107.